The van der Waals surface area contributed by atoms with Gasteiger partial charge in [-0.25, -0.2) is 0 Å². The van der Waals surface area contributed by atoms with Crippen molar-refractivity contribution in [3.63, 3.8) is 0 Å². The predicted molar refractivity (Wildman–Crippen MR) is 80.3 cm³/mol. The van der Waals surface area contributed by atoms with Crippen LogP contribution in [0.25, 0.3) is 0 Å². The lowest BCUT2D eigenvalue weighted by Gasteiger charge is -2.30. The second-order valence-corrected chi connectivity index (χ2v) is 5.51. The van der Waals surface area contributed by atoms with Crippen molar-refractivity contribution in [2.24, 2.45) is 5.92 Å². The summed E-state index contributed by atoms with van der Waals surface area (Å²) in [4.78, 5) is 14.4. The van der Waals surface area contributed by atoms with E-state index in [9.17, 15) is 9.90 Å². The summed E-state index contributed by atoms with van der Waals surface area (Å²) >= 11 is 0. The normalized spacial score (nSPS) is 24.6. The number of para-hydroxylation sites is 2. The van der Waals surface area contributed by atoms with Crippen LogP contribution in [-0.4, -0.2) is 41.1 Å². The lowest BCUT2D eigenvalue weighted by Crippen LogP contribution is -2.47. The van der Waals surface area contributed by atoms with E-state index in [0.717, 1.165) is 13.0 Å². The van der Waals surface area contributed by atoms with Crippen LogP contribution in [0.3, 0.4) is 0 Å². The van der Waals surface area contributed by atoms with Crippen LogP contribution in [0.5, 0.6) is 0 Å². The van der Waals surface area contributed by atoms with Crippen molar-refractivity contribution in [1.29, 1.82) is 0 Å². The molecule has 3 atom stereocenters. The number of amides is 1. The minimum absolute atomic E-state index is 0.0591. The van der Waals surface area contributed by atoms with Gasteiger partial charge in [-0.05, 0) is 37.9 Å². The van der Waals surface area contributed by atoms with E-state index >= 15 is 0 Å². The van der Waals surface area contributed by atoms with Crippen LogP contribution in [0.15, 0.2) is 24.3 Å². The first-order valence-electron chi connectivity index (χ1n) is 7.06. The molecule has 0 aliphatic carbocycles. The Balaban J connectivity index is 2.04. The summed E-state index contributed by atoms with van der Waals surface area (Å²) in [5.74, 6) is 0.326. The maximum atomic E-state index is 12.3. The first kappa shape index (κ1) is 14.8. The topological polar surface area (TPSA) is 78.6 Å². The number of nitrogens with two attached hydrogens (primary N) is 1. The number of nitrogens with zero attached hydrogens (tertiary/aromatic N) is 1. The number of carbonyl (C=O) groups excluding carboxylic acids is 1. The number of hydrogen-bond donors (Lipinski definition) is 3. The number of aliphatic hydroxyl groups is 1. The zero-order valence-corrected chi connectivity index (χ0v) is 12.0. The summed E-state index contributed by atoms with van der Waals surface area (Å²) in [6.07, 6.45) is 1.01. The van der Waals surface area contributed by atoms with Crippen LogP contribution >= 0.6 is 0 Å². The van der Waals surface area contributed by atoms with E-state index in [1.54, 1.807) is 12.1 Å². The van der Waals surface area contributed by atoms with Gasteiger partial charge in [-0.2, -0.15) is 0 Å². The second-order valence-electron chi connectivity index (χ2n) is 5.51. The summed E-state index contributed by atoms with van der Waals surface area (Å²) in [5.41, 5.74) is 7.02. The molecule has 0 saturated carbocycles. The highest BCUT2D eigenvalue weighted by molar-refractivity contribution is 5.97. The van der Waals surface area contributed by atoms with Crippen LogP contribution in [-0.2, 0) is 4.79 Å². The molecule has 3 unspecified atom stereocenters. The summed E-state index contributed by atoms with van der Waals surface area (Å²) in [5, 5.41) is 12.3. The average molecular weight is 277 g/mol. The maximum absolute atomic E-state index is 12.3. The molecule has 1 aliphatic rings. The standard InChI is InChI=1S/C15H23N3O2/c1-10-7-8-18(14(10)9-19)11(2)15(20)17-13-6-4-3-5-12(13)16/h3-6,10-11,14,19H,7-9,16H2,1-2H3,(H,17,20). The Morgan fingerprint density at radius 3 is 2.90 bits per heavy atom. The van der Waals surface area contributed by atoms with E-state index in [-0.39, 0.29) is 24.6 Å². The van der Waals surface area contributed by atoms with Gasteiger partial charge in [0.15, 0.2) is 0 Å². The van der Waals surface area contributed by atoms with Crippen molar-refractivity contribution in [3.8, 4) is 0 Å². The first-order valence-corrected chi connectivity index (χ1v) is 7.06. The number of rotatable bonds is 4. The highest BCUT2D eigenvalue weighted by Gasteiger charge is 2.36. The molecule has 1 saturated heterocycles. The molecule has 0 aromatic heterocycles. The monoisotopic (exact) mass is 277 g/mol. The Kier molecular flexibility index (Phi) is 4.62. The van der Waals surface area contributed by atoms with Gasteiger partial charge in [0.05, 0.1) is 24.0 Å². The van der Waals surface area contributed by atoms with Gasteiger partial charge >= 0.3 is 0 Å². The molecular weight excluding hydrogens is 254 g/mol. The third kappa shape index (κ3) is 2.94. The Labute approximate surface area is 119 Å². The van der Waals surface area contributed by atoms with Crippen molar-refractivity contribution in [1.82, 2.24) is 4.90 Å². The molecule has 4 N–H and O–H groups in total. The number of benzene rings is 1. The largest absolute Gasteiger partial charge is 0.397 e. The summed E-state index contributed by atoms with van der Waals surface area (Å²) in [6.45, 7) is 4.91. The van der Waals surface area contributed by atoms with Gasteiger partial charge in [0.1, 0.15) is 0 Å². The van der Waals surface area contributed by atoms with E-state index in [0.29, 0.717) is 17.3 Å². The molecule has 1 fully saturated rings. The fourth-order valence-corrected chi connectivity index (χ4v) is 2.80. The van der Waals surface area contributed by atoms with Gasteiger partial charge in [0.25, 0.3) is 0 Å². The predicted octanol–water partition coefficient (Wildman–Crippen LogP) is 1.30. The van der Waals surface area contributed by atoms with Gasteiger partial charge in [-0.1, -0.05) is 19.1 Å². The Morgan fingerprint density at radius 2 is 2.25 bits per heavy atom. The Morgan fingerprint density at radius 1 is 1.55 bits per heavy atom. The number of carbonyl (C=O) groups is 1. The highest BCUT2D eigenvalue weighted by atomic mass is 16.3. The molecular formula is C15H23N3O2. The smallest absolute Gasteiger partial charge is 0.241 e. The summed E-state index contributed by atoms with van der Waals surface area (Å²) < 4.78 is 0. The molecule has 1 aliphatic heterocycles. The fraction of sp³-hybridized carbons (Fsp3) is 0.533. The van der Waals surface area contributed by atoms with E-state index < -0.39 is 0 Å². The number of nitrogen functional groups attached to an aromatic ring is 1. The van der Waals surface area contributed by atoms with Gasteiger partial charge in [0.2, 0.25) is 5.91 Å². The second kappa shape index (κ2) is 6.24. The molecule has 20 heavy (non-hydrogen) atoms. The maximum Gasteiger partial charge on any atom is 0.241 e. The van der Waals surface area contributed by atoms with Gasteiger partial charge in [-0.15, -0.1) is 0 Å². The Bertz CT molecular complexity index is 478. The number of hydrogen-bond acceptors (Lipinski definition) is 4. The van der Waals surface area contributed by atoms with E-state index in [2.05, 4.69) is 17.1 Å². The number of anilines is 2. The lowest BCUT2D eigenvalue weighted by atomic mass is 10.0. The van der Waals surface area contributed by atoms with Crippen LogP contribution in [0.4, 0.5) is 11.4 Å². The summed E-state index contributed by atoms with van der Waals surface area (Å²) in [6, 6.07) is 6.99. The molecule has 1 aromatic rings. The van der Waals surface area contributed by atoms with E-state index in [4.69, 9.17) is 5.73 Å². The molecule has 1 amide bonds. The molecule has 0 bridgehead atoms. The van der Waals surface area contributed by atoms with E-state index in [1.165, 1.54) is 0 Å². The van der Waals surface area contributed by atoms with Crippen molar-refractivity contribution in [2.75, 3.05) is 24.2 Å². The van der Waals surface area contributed by atoms with Crippen LogP contribution in [0, 0.1) is 5.92 Å². The highest BCUT2D eigenvalue weighted by Crippen LogP contribution is 2.26. The third-order valence-electron chi connectivity index (χ3n) is 4.21. The van der Waals surface area contributed by atoms with Crippen LogP contribution < -0.4 is 11.1 Å². The molecule has 1 heterocycles. The third-order valence-corrected chi connectivity index (χ3v) is 4.21. The van der Waals surface area contributed by atoms with Gasteiger partial charge in [0, 0.05) is 6.04 Å². The number of likely N-dealkylation sites (tertiary alicyclic amines) is 1. The quantitative estimate of drug-likeness (QED) is 0.725. The minimum atomic E-state index is -0.281. The molecule has 1 aromatic carbocycles. The van der Waals surface area contributed by atoms with E-state index in [1.807, 2.05) is 19.1 Å². The van der Waals surface area contributed by atoms with Crippen molar-refractivity contribution < 1.29 is 9.90 Å². The van der Waals surface area contributed by atoms with Gasteiger partial charge in [-0.3, -0.25) is 9.69 Å². The first-order chi connectivity index (χ1) is 9.54. The zero-order chi connectivity index (χ0) is 14.7. The Hall–Kier alpha value is -1.59. The molecule has 0 radical (unpaired) electrons. The van der Waals surface area contributed by atoms with Crippen LogP contribution in [0.1, 0.15) is 20.3 Å². The van der Waals surface area contributed by atoms with Crippen molar-refractivity contribution in [3.05, 3.63) is 24.3 Å². The number of aliphatic hydroxyl groups excluding tert-OH is 1. The zero-order valence-electron chi connectivity index (χ0n) is 12.0. The average Bonchev–Trinajstić information content (AvgIpc) is 2.81. The number of nitrogens with one attached hydrogen (secondary N) is 1. The molecule has 2 rings (SSSR count). The van der Waals surface area contributed by atoms with Crippen LogP contribution in [0.2, 0.25) is 0 Å². The van der Waals surface area contributed by atoms with Crippen molar-refractivity contribution >= 4 is 17.3 Å². The molecule has 5 nitrogen and oxygen atoms in total. The minimum Gasteiger partial charge on any atom is -0.397 e. The molecule has 110 valence electrons. The lowest BCUT2D eigenvalue weighted by molar-refractivity contribution is -0.121. The molecule has 5 heteroatoms. The molecule has 0 spiro atoms. The van der Waals surface area contributed by atoms with Gasteiger partial charge < -0.3 is 16.2 Å². The fourth-order valence-electron chi connectivity index (χ4n) is 2.80. The SMILES string of the molecule is CC1CCN(C(C)C(=O)Nc2ccccc2N)C1CO. The summed E-state index contributed by atoms with van der Waals surface area (Å²) in [7, 11) is 0. The van der Waals surface area contributed by atoms with Crippen molar-refractivity contribution in [2.45, 2.75) is 32.4 Å².